The van der Waals surface area contributed by atoms with Crippen LogP contribution in [0, 0.1) is 13.8 Å². The van der Waals surface area contributed by atoms with Gasteiger partial charge in [0, 0.05) is 6.20 Å². The van der Waals surface area contributed by atoms with Crippen LogP contribution >= 0.6 is 0 Å². The molecule has 2 N–H and O–H groups in total. The van der Waals surface area contributed by atoms with Gasteiger partial charge < -0.3 is 9.97 Å². The second kappa shape index (κ2) is 3.23. The maximum atomic E-state index is 4.61. The lowest BCUT2D eigenvalue weighted by molar-refractivity contribution is 1.27. The number of aromatic amines is 2. The van der Waals surface area contributed by atoms with Crippen molar-refractivity contribution in [2.45, 2.75) is 13.8 Å². The van der Waals surface area contributed by atoms with Crippen molar-refractivity contribution in [3.05, 3.63) is 41.6 Å². The van der Waals surface area contributed by atoms with Crippen LogP contribution in [0.2, 0.25) is 0 Å². The van der Waals surface area contributed by atoms with Crippen molar-refractivity contribution in [3.8, 4) is 11.5 Å². The van der Waals surface area contributed by atoms with Crippen molar-refractivity contribution in [1.82, 2.24) is 15.0 Å². The molecule has 3 heteroatoms. The summed E-state index contributed by atoms with van der Waals surface area (Å²) in [6, 6.07) is 8.27. The summed E-state index contributed by atoms with van der Waals surface area (Å²) < 4.78 is 0. The van der Waals surface area contributed by atoms with E-state index in [0.717, 1.165) is 22.6 Å². The molecule has 0 spiro atoms. The minimum absolute atomic E-state index is 0.897. The maximum absolute atomic E-state index is 4.61. The van der Waals surface area contributed by atoms with Crippen LogP contribution in [0.5, 0.6) is 0 Å². The fourth-order valence-corrected chi connectivity index (χ4v) is 2.08. The SMILES string of the molecule is Cc1cc(C)c2nc(-c3ccc[nH]3)[nH]c2c1. The fraction of sp³-hybridized carbons (Fsp3) is 0.154. The fourth-order valence-electron chi connectivity index (χ4n) is 2.08. The molecule has 2 heterocycles. The number of imidazole rings is 1. The zero-order chi connectivity index (χ0) is 11.1. The molecule has 0 bridgehead atoms. The van der Waals surface area contributed by atoms with Crippen LogP contribution < -0.4 is 0 Å². The highest BCUT2D eigenvalue weighted by Crippen LogP contribution is 2.22. The molecule has 0 aliphatic rings. The summed E-state index contributed by atoms with van der Waals surface area (Å²) in [4.78, 5) is 11.1. The highest BCUT2D eigenvalue weighted by atomic mass is 14.9. The molecule has 0 radical (unpaired) electrons. The summed E-state index contributed by atoms with van der Waals surface area (Å²) in [5.41, 5.74) is 5.64. The molecule has 0 saturated heterocycles. The maximum Gasteiger partial charge on any atom is 0.154 e. The van der Waals surface area contributed by atoms with Gasteiger partial charge in [-0.25, -0.2) is 4.98 Å². The van der Waals surface area contributed by atoms with Gasteiger partial charge in [-0.15, -0.1) is 0 Å². The molecule has 0 unspecified atom stereocenters. The minimum Gasteiger partial charge on any atom is -0.359 e. The van der Waals surface area contributed by atoms with E-state index in [-0.39, 0.29) is 0 Å². The number of rotatable bonds is 1. The molecule has 3 rings (SSSR count). The molecule has 2 aromatic heterocycles. The third-order valence-electron chi connectivity index (χ3n) is 2.77. The van der Waals surface area contributed by atoms with Gasteiger partial charge in [0.05, 0.1) is 16.7 Å². The van der Waals surface area contributed by atoms with E-state index in [9.17, 15) is 0 Å². The predicted octanol–water partition coefficient (Wildman–Crippen LogP) is 3.17. The highest BCUT2D eigenvalue weighted by molar-refractivity contribution is 5.82. The number of benzene rings is 1. The van der Waals surface area contributed by atoms with Gasteiger partial charge in [-0.05, 0) is 43.2 Å². The summed E-state index contributed by atoms with van der Waals surface area (Å²) in [6.45, 7) is 4.19. The Balaban J connectivity index is 2.27. The van der Waals surface area contributed by atoms with Gasteiger partial charge in [-0.1, -0.05) is 6.07 Å². The van der Waals surface area contributed by atoms with Crippen LogP contribution in [-0.2, 0) is 0 Å². The van der Waals surface area contributed by atoms with Crippen molar-refractivity contribution in [2.75, 3.05) is 0 Å². The summed E-state index contributed by atoms with van der Waals surface area (Å²) in [6.07, 6.45) is 1.90. The third-order valence-corrected chi connectivity index (χ3v) is 2.77. The van der Waals surface area contributed by atoms with Crippen LogP contribution in [-0.4, -0.2) is 15.0 Å². The highest BCUT2D eigenvalue weighted by Gasteiger charge is 2.07. The number of aromatic nitrogens is 3. The van der Waals surface area contributed by atoms with Crippen molar-refractivity contribution >= 4 is 11.0 Å². The number of fused-ring (bicyclic) bond motifs is 1. The average Bonchev–Trinajstić information content (AvgIpc) is 2.82. The smallest absolute Gasteiger partial charge is 0.154 e. The van der Waals surface area contributed by atoms with Gasteiger partial charge in [-0.2, -0.15) is 0 Å². The molecule has 0 aliphatic heterocycles. The first-order chi connectivity index (χ1) is 7.74. The van der Waals surface area contributed by atoms with E-state index in [1.165, 1.54) is 11.1 Å². The van der Waals surface area contributed by atoms with Gasteiger partial charge in [0.25, 0.3) is 0 Å². The molecule has 0 amide bonds. The molecule has 3 aromatic rings. The largest absolute Gasteiger partial charge is 0.359 e. The molecule has 0 aliphatic carbocycles. The van der Waals surface area contributed by atoms with Gasteiger partial charge in [0.2, 0.25) is 0 Å². The Morgan fingerprint density at radius 3 is 2.81 bits per heavy atom. The predicted molar refractivity (Wildman–Crippen MR) is 65.4 cm³/mol. The normalized spacial score (nSPS) is 11.1. The third kappa shape index (κ3) is 1.33. The Bertz CT molecular complexity index is 633. The van der Waals surface area contributed by atoms with Gasteiger partial charge in [0.15, 0.2) is 5.82 Å². The van der Waals surface area contributed by atoms with Crippen LogP contribution in [0.1, 0.15) is 11.1 Å². The zero-order valence-electron chi connectivity index (χ0n) is 9.33. The molecular formula is C13H13N3. The minimum atomic E-state index is 0.897. The number of nitrogens with zero attached hydrogens (tertiary/aromatic N) is 1. The Kier molecular flexibility index (Phi) is 1.86. The molecule has 1 aromatic carbocycles. The van der Waals surface area contributed by atoms with Crippen molar-refractivity contribution in [1.29, 1.82) is 0 Å². The number of aryl methyl sites for hydroxylation is 2. The molecule has 0 atom stereocenters. The van der Waals surface area contributed by atoms with Gasteiger partial charge in [-0.3, -0.25) is 0 Å². The van der Waals surface area contributed by atoms with E-state index in [2.05, 4.69) is 40.9 Å². The lowest BCUT2D eigenvalue weighted by Gasteiger charge is -1.96. The Labute approximate surface area is 93.5 Å². The molecule has 16 heavy (non-hydrogen) atoms. The van der Waals surface area contributed by atoms with E-state index in [0.29, 0.717) is 0 Å². The average molecular weight is 211 g/mol. The zero-order valence-corrected chi connectivity index (χ0v) is 9.33. The quantitative estimate of drug-likeness (QED) is 0.638. The Morgan fingerprint density at radius 2 is 2.06 bits per heavy atom. The van der Waals surface area contributed by atoms with E-state index < -0.39 is 0 Å². The van der Waals surface area contributed by atoms with Crippen LogP contribution in [0.3, 0.4) is 0 Å². The number of H-pyrrole nitrogens is 2. The number of hydrogen-bond donors (Lipinski definition) is 2. The molecule has 0 fully saturated rings. The summed E-state index contributed by atoms with van der Waals surface area (Å²) in [5.74, 6) is 0.897. The van der Waals surface area contributed by atoms with Crippen LogP contribution in [0.4, 0.5) is 0 Å². The van der Waals surface area contributed by atoms with Gasteiger partial charge >= 0.3 is 0 Å². The molecular weight excluding hydrogens is 198 g/mol. The van der Waals surface area contributed by atoms with E-state index in [1.54, 1.807) is 0 Å². The van der Waals surface area contributed by atoms with Crippen molar-refractivity contribution in [2.24, 2.45) is 0 Å². The lowest BCUT2D eigenvalue weighted by atomic mass is 10.1. The summed E-state index contributed by atoms with van der Waals surface area (Å²) in [5, 5.41) is 0. The van der Waals surface area contributed by atoms with Crippen LogP contribution in [0.15, 0.2) is 30.5 Å². The van der Waals surface area contributed by atoms with Gasteiger partial charge in [0.1, 0.15) is 0 Å². The lowest BCUT2D eigenvalue weighted by Crippen LogP contribution is -1.79. The second-order valence-electron chi connectivity index (χ2n) is 4.15. The molecule has 0 saturated carbocycles. The Hall–Kier alpha value is -2.03. The number of hydrogen-bond acceptors (Lipinski definition) is 1. The van der Waals surface area contributed by atoms with Crippen LogP contribution in [0.25, 0.3) is 22.6 Å². The van der Waals surface area contributed by atoms with E-state index in [4.69, 9.17) is 0 Å². The topological polar surface area (TPSA) is 44.5 Å². The van der Waals surface area contributed by atoms with E-state index >= 15 is 0 Å². The van der Waals surface area contributed by atoms with Crippen molar-refractivity contribution in [3.63, 3.8) is 0 Å². The first kappa shape index (κ1) is 9.21. The molecule has 3 nitrogen and oxygen atoms in total. The second-order valence-corrected chi connectivity index (χ2v) is 4.15. The Morgan fingerprint density at radius 1 is 1.19 bits per heavy atom. The monoisotopic (exact) mass is 211 g/mol. The summed E-state index contributed by atoms with van der Waals surface area (Å²) in [7, 11) is 0. The standard InChI is InChI=1S/C13H13N3/c1-8-6-9(2)12-11(7-8)15-13(16-12)10-4-3-5-14-10/h3-7,14H,1-2H3,(H,15,16). The molecule has 80 valence electrons. The van der Waals surface area contributed by atoms with E-state index in [1.807, 2.05) is 18.3 Å². The first-order valence-corrected chi connectivity index (χ1v) is 5.35. The first-order valence-electron chi connectivity index (χ1n) is 5.35. The number of nitrogens with one attached hydrogen (secondary N) is 2. The van der Waals surface area contributed by atoms with Crippen molar-refractivity contribution < 1.29 is 0 Å². The summed E-state index contributed by atoms with van der Waals surface area (Å²) >= 11 is 0.